The van der Waals surface area contributed by atoms with Crippen molar-refractivity contribution in [2.24, 2.45) is 0 Å². The minimum absolute atomic E-state index is 0.193. The second kappa shape index (κ2) is 6.54. The smallest absolute Gasteiger partial charge is 0.326 e. The van der Waals surface area contributed by atoms with E-state index in [4.69, 9.17) is 12.6 Å². The number of hydrogen-bond acceptors (Lipinski definition) is 3. The Morgan fingerprint density at radius 2 is 1.46 bits per heavy atom. The molecular formula is C21H14N2O2S. The zero-order chi connectivity index (χ0) is 18.1. The third kappa shape index (κ3) is 2.59. The average molecular weight is 358 g/mol. The number of pyridine rings is 1. The largest absolute Gasteiger partial charge is 0.755 e. The highest BCUT2D eigenvalue weighted by molar-refractivity contribution is 7.58. The first-order valence-corrected chi connectivity index (χ1v) is 8.51. The van der Waals surface area contributed by atoms with Crippen molar-refractivity contribution in [3.8, 4) is 5.69 Å². The summed E-state index contributed by atoms with van der Waals surface area (Å²) >= 11 is 5.59. The Morgan fingerprint density at radius 1 is 0.846 bits per heavy atom. The van der Waals surface area contributed by atoms with Crippen molar-refractivity contribution in [3.05, 3.63) is 107 Å². The van der Waals surface area contributed by atoms with E-state index in [1.165, 1.54) is 4.57 Å². The van der Waals surface area contributed by atoms with E-state index in [0.29, 0.717) is 22.5 Å². The zero-order valence-electron chi connectivity index (χ0n) is 13.7. The van der Waals surface area contributed by atoms with Crippen LogP contribution in [0.4, 0.5) is 0 Å². The van der Waals surface area contributed by atoms with Gasteiger partial charge in [0.2, 0.25) is 0 Å². The molecule has 0 radical (unpaired) electrons. The molecule has 2 heterocycles. The quantitative estimate of drug-likeness (QED) is 0.321. The Balaban J connectivity index is 2.10. The average Bonchev–Trinajstić information content (AvgIpc) is 2.69. The Labute approximate surface area is 155 Å². The minimum Gasteiger partial charge on any atom is -0.755 e. The van der Waals surface area contributed by atoms with Crippen molar-refractivity contribution < 1.29 is 9.20 Å². The van der Waals surface area contributed by atoms with E-state index in [9.17, 15) is 9.59 Å². The van der Waals surface area contributed by atoms with Crippen molar-refractivity contribution in [1.29, 1.82) is 0 Å². The van der Waals surface area contributed by atoms with Gasteiger partial charge in [0.05, 0.1) is 0 Å². The van der Waals surface area contributed by atoms with Crippen LogP contribution in [0.15, 0.2) is 94.9 Å². The summed E-state index contributed by atoms with van der Waals surface area (Å²) in [4.78, 5) is 26.2. The molecule has 5 heteroatoms. The Kier molecular flexibility index (Phi) is 4.07. The molecule has 26 heavy (non-hydrogen) atoms. The van der Waals surface area contributed by atoms with Crippen LogP contribution in [0, 0.1) is 0 Å². The number of ketones is 1. The van der Waals surface area contributed by atoms with Crippen LogP contribution in [0.1, 0.15) is 16.1 Å². The molecule has 4 aromatic rings. The van der Waals surface area contributed by atoms with Crippen molar-refractivity contribution in [2.75, 3.05) is 0 Å². The van der Waals surface area contributed by atoms with Gasteiger partial charge in [-0.2, -0.15) is 4.40 Å². The van der Waals surface area contributed by atoms with Gasteiger partial charge in [-0.1, -0.05) is 48.5 Å². The molecular weight excluding hydrogens is 344 g/mol. The summed E-state index contributed by atoms with van der Waals surface area (Å²) < 4.78 is 3.00. The number of carbonyl (C=O) groups excluding carboxylic acids is 1. The third-order valence-electron chi connectivity index (χ3n) is 4.19. The summed E-state index contributed by atoms with van der Waals surface area (Å²) in [5.74, 6) is -0.221. The Morgan fingerprint density at radius 3 is 2.15 bits per heavy atom. The summed E-state index contributed by atoms with van der Waals surface area (Å²) in [5, 5.41) is 0.193. The summed E-state index contributed by atoms with van der Waals surface area (Å²) in [7, 11) is 0. The SMILES string of the molecule is O=C(c1ccccc1)c1c([S-])n(-c2ccccc2)c(=O)c2cccc[n+]12. The number of rotatable bonds is 3. The lowest BCUT2D eigenvalue weighted by Gasteiger charge is -2.18. The fourth-order valence-electron chi connectivity index (χ4n) is 2.97. The van der Waals surface area contributed by atoms with Crippen molar-refractivity contribution in [1.82, 2.24) is 4.57 Å². The third-order valence-corrected chi connectivity index (χ3v) is 4.57. The fourth-order valence-corrected chi connectivity index (χ4v) is 3.35. The van der Waals surface area contributed by atoms with Crippen LogP contribution in [0.2, 0.25) is 0 Å². The van der Waals surface area contributed by atoms with E-state index in [0.717, 1.165) is 0 Å². The Bertz CT molecular complexity index is 1170. The number of hydrogen-bond donors (Lipinski definition) is 0. The molecule has 0 N–H and O–H groups in total. The molecule has 2 aromatic carbocycles. The number of carbonyl (C=O) groups is 1. The maximum atomic E-state index is 13.2. The summed E-state index contributed by atoms with van der Waals surface area (Å²) in [6, 6.07) is 23.3. The standard InChI is InChI=1S/C21H14N2O2S/c24-19(15-9-3-1-4-10-15)18-21(26)23(16-11-5-2-6-12-16)20(25)17-13-7-8-14-22(17)18/h1-14H. The van der Waals surface area contributed by atoms with Crippen LogP contribution in [-0.4, -0.2) is 10.4 Å². The topological polar surface area (TPSA) is 43.2 Å². The van der Waals surface area contributed by atoms with Gasteiger partial charge in [0, 0.05) is 23.4 Å². The number of benzene rings is 2. The molecule has 0 fully saturated rings. The minimum atomic E-state index is -0.258. The maximum Gasteiger partial charge on any atom is 0.326 e. The van der Waals surface area contributed by atoms with Crippen LogP contribution in [0.25, 0.3) is 11.2 Å². The lowest BCUT2D eigenvalue weighted by Crippen LogP contribution is -2.41. The van der Waals surface area contributed by atoms with Gasteiger partial charge < -0.3 is 12.6 Å². The molecule has 0 atom stereocenters. The molecule has 0 amide bonds. The van der Waals surface area contributed by atoms with Crippen LogP contribution in [0.5, 0.6) is 0 Å². The number of fused-ring (bicyclic) bond motifs is 1. The van der Waals surface area contributed by atoms with Gasteiger partial charge in [-0.15, -0.1) is 0 Å². The first-order chi connectivity index (χ1) is 12.7. The summed E-state index contributed by atoms with van der Waals surface area (Å²) in [5.41, 5.74) is 1.59. The number of nitrogens with zero attached hydrogens (tertiary/aromatic N) is 2. The monoisotopic (exact) mass is 358 g/mol. The van der Waals surface area contributed by atoms with Crippen molar-refractivity contribution in [3.63, 3.8) is 0 Å². The maximum absolute atomic E-state index is 13.2. The number of para-hydroxylation sites is 1. The molecule has 0 saturated heterocycles. The van der Waals surface area contributed by atoms with Crippen LogP contribution >= 0.6 is 0 Å². The highest BCUT2D eigenvalue weighted by Gasteiger charge is 2.25. The molecule has 0 aliphatic heterocycles. The number of aromatic nitrogens is 2. The van der Waals surface area contributed by atoms with Gasteiger partial charge in [-0.05, 0) is 23.2 Å². The second-order valence-corrected chi connectivity index (χ2v) is 6.17. The molecule has 0 aliphatic carbocycles. The van der Waals surface area contributed by atoms with Crippen molar-refractivity contribution in [2.45, 2.75) is 5.03 Å². The molecule has 4 rings (SSSR count). The van der Waals surface area contributed by atoms with E-state index in [2.05, 4.69) is 0 Å². The lowest BCUT2D eigenvalue weighted by molar-refractivity contribution is -0.518. The zero-order valence-corrected chi connectivity index (χ0v) is 14.5. The van der Waals surface area contributed by atoms with E-state index in [1.807, 2.05) is 24.3 Å². The molecule has 4 nitrogen and oxygen atoms in total. The molecule has 0 aliphatic rings. The van der Waals surface area contributed by atoms with Crippen LogP contribution in [0.3, 0.4) is 0 Å². The van der Waals surface area contributed by atoms with Gasteiger partial charge in [-0.25, -0.2) is 0 Å². The van der Waals surface area contributed by atoms with Gasteiger partial charge >= 0.3 is 5.56 Å². The molecule has 126 valence electrons. The molecule has 2 aromatic heterocycles. The highest BCUT2D eigenvalue weighted by Crippen LogP contribution is 2.15. The van der Waals surface area contributed by atoms with Crippen molar-refractivity contribution >= 4 is 23.9 Å². The first kappa shape index (κ1) is 16.2. The molecule has 0 saturated carbocycles. The predicted molar refractivity (Wildman–Crippen MR) is 101 cm³/mol. The van der Waals surface area contributed by atoms with E-state index < -0.39 is 0 Å². The van der Waals surface area contributed by atoms with Gasteiger partial charge in [0.15, 0.2) is 6.20 Å². The van der Waals surface area contributed by atoms with E-state index >= 15 is 0 Å². The normalized spacial score (nSPS) is 10.8. The summed E-state index contributed by atoms with van der Waals surface area (Å²) in [6.07, 6.45) is 1.69. The molecule has 0 bridgehead atoms. The highest BCUT2D eigenvalue weighted by atomic mass is 32.1. The van der Waals surface area contributed by atoms with Gasteiger partial charge in [0.25, 0.3) is 17.0 Å². The van der Waals surface area contributed by atoms with Gasteiger partial charge in [0.1, 0.15) is 0 Å². The molecule has 0 unspecified atom stereocenters. The molecule has 0 spiro atoms. The van der Waals surface area contributed by atoms with Gasteiger partial charge in [-0.3, -0.25) is 14.2 Å². The fraction of sp³-hybridized carbons (Fsp3) is 0. The predicted octanol–water partition coefficient (Wildman–Crippen LogP) is 2.71. The van der Waals surface area contributed by atoms with Crippen LogP contribution in [-0.2, 0) is 12.6 Å². The summed E-state index contributed by atoms with van der Waals surface area (Å²) in [6.45, 7) is 0. The van der Waals surface area contributed by atoms with Crippen LogP contribution < -0.4 is 9.96 Å². The second-order valence-electron chi connectivity index (χ2n) is 5.78. The van der Waals surface area contributed by atoms with E-state index in [1.54, 1.807) is 65.2 Å². The first-order valence-electron chi connectivity index (χ1n) is 8.10. The van der Waals surface area contributed by atoms with E-state index in [-0.39, 0.29) is 16.4 Å². The lowest BCUT2D eigenvalue weighted by atomic mass is 10.1. The Hall–Kier alpha value is -3.31.